The van der Waals surface area contributed by atoms with Gasteiger partial charge in [-0.05, 0) is 24.0 Å². The molecule has 2 N–H and O–H groups in total. The SMILES string of the molecule is CCCOc1cc(Cl)c(CNC(C(=O)O)C(C)C)cc1OC. The molecule has 0 radical (unpaired) electrons. The van der Waals surface area contributed by atoms with Crippen LogP contribution in [0.5, 0.6) is 11.5 Å². The minimum Gasteiger partial charge on any atom is -0.493 e. The van der Waals surface area contributed by atoms with E-state index in [1.165, 1.54) is 0 Å². The Morgan fingerprint density at radius 3 is 2.55 bits per heavy atom. The van der Waals surface area contributed by atoms with Crippen molar-refractivity contribution in [1.29, 1.82) is 0 Å². The van der Waals surface area contributed by atoms with E-state index >= 15 is 0 Å². The fraction of sp³-hybridized carbons (Fsp3) is 0.562. The van der Waals surface area contributed by atoms with E-state index in [-0.39, 0.29) is 5.92 Å². The van der Waals surface area contributed by atoms with Gasteiger partial charge in [0, 0.05) is 17.6 Å². The molecule has 6 heteroatoms. The molecule has 124 valence electrons. The van der Waals surface area contributed by atoms with Gasteiger partial charge in [-0.2, -0.15) is 0 Å². The molecule has 0 aromatic heterocycles. The summed E-state index contributed by atoms with van der Waals surface area (Å²) in [5.41, 5.74) is 0.772. The molecule has 0 aliphatic carbocycles. The molecule has 1 unspecified atom stereocenters. The lowest BCUT2D eigenvalue weighted by molar-refractivity contribution is -0.140. The van der Waals surface area contributed by atoms with E-state index in [1.807, 2.05) is 20.8 Å². The van der Waals surface area contributed by atoms with Gasteiger partial charge < -0.3 is 19.9 Å². The highest BCUT2D eigenvalue weighted by Gasteiger charge is 2.21. The molecule has 22 heavy (non-hydrogen) atoms. The summed E-state index contributed by atoms with van der Waals surface area (Å²) in [5, 5.41) is 12.7. The third-order valence-electron chi connectivity index (χ3n) is 3.24. The number of hydrogen-bond donors (Lipinski definition) is 2. The van der Waals surface area contributed by atoms with Gasteiger partial charge in [-0.1, -0.05) is 32.4 Å². The van der Waals surface area contributed by atoms with Crippen LogP contribution in [0.4, 0.5) is 0 Å². The van der Waals surface area contributed by atoms with Gasteiger partial charge in [-0.25, -0.2) is 0 Å². The Labute approximate surface area is 136 Å². The van der Waals surface area contributed by atoms with E-state index in [0.717, 1.165) is 12.0 Å². The first-order valence-electron chi connectivity index (χ1n) is 7.36. The second-order valence-electron chi connectivity index (χ2n) is 5.38. The lowest BCUT2D eigenvalue weighted by atomic mass is 10.0. The van der Waals surface area contributed by atoms with E-state index in [4.69, 9.17) is 21.1 Å². The second kappa shape index (κ2) is 8.86. The highest BCUT2D eigenvalue weighted by Crippen LogP contribution is 2.33. The van der Waals surface area contributed by atoms with Crippen LogP contribution in [-0.4, -0.2) is 30.8 Å². The highest BCUT2D eigenvalue weighted by molar-refractivity contribution is 6.31. The number of ether oxygens (including phenoxy) is 2. The predicted molar refractivity (Wildman–Crippen MR) is 86.9 cm³/mol. The second-order valence-corrected chi connectivity index (χ2v) is 5.79. The van der Waals surface area contributed by atoms with Gasteiger partial charge in [0.2, 0.25) is 0 Å². The zero-order valence-electron chi connectivity index (χ0n) is 13.5. The molecule has 0 aliphatic rings. The van der Waals surface area contributed by atoms with Crippen LogP contribution < -0.4 is 14.8 Å². The summed E-state index contributed by atoms with van der Waals surface area (Å²) >= 11 is 6.26. The summed E-state index contributed by atoms with van der Waals surface area (Å²) in [6.07, 6.45) is 0.888. The van der Waals surface area contributed by atoms with Crippen molar-refractivity contribution >= 4 is 17.6 Å². The van der Waals surface area contributed by atoms with Crippen LogP contribution in [0, 0.1) is 5.92 Å². The first-order valence-corrected chi connectivity index (χ1v) is 7.73. The van der Waals surface area contributed by atoms with Crippen LogP contribution in [0.3, 0.4) is 0 Å². The van der Waals surface area contributed by atoms with Crippen LogP contribution >= 0.6 is 11.6 Å². The molecule has 0 amide bonds. The van der Waals surface area contributed by atoms with Crippen molar-refractivity contribution in [2.45, 2.75) is 39.8 Å². The van der Waals surface area contributed by atoms with Gasteiger partial charge in [-0.3, -0.25) is 4.79 Å². The number of benzene rings is 1. The molecule has 5 nitrogen and oxygen atoms in total. The summed E-state index contributed by atoms with van der Waals surface area (Å²) in [5.74, 6) is 0.286. The minimum absolute atomic E-state index is 0.0228. The average molecular weight is 330 g/mol. The number of methoxy groups -OCH3 is 1. The standard InChI is InChI=1S/C16H24ClNO4/c1-5-6-22-14-8-12(17)11(7-13(14)21-4)9-18-15(10(2)3)16(19)20/h7-8,10,15,18H,5-6,9H2,1-4H3,(H,19,20). The topological polar surface area (TPSA) is 67.8 Å². The van der Waals surface area contributed by atoms with Gasteiger partial charge in [0.15, 0.2) is 11.5 Å². The van der Waals surface area contributed by atoms with Gasteiger partial charge in [0.25, 0.3) is 0 Å². The molecule has 0 saturated carbocycles. The summed E-state index contributed by atoms with van der Waals surface area (Å²) in [4.78, 5) is 11.2. The Balaban J connectivity index is 2.89. The molecule has 0 aliphatic heterocycles. The van der Waals surface area contributed by atoms with Crippen LogP contribution in [0.25, 0.3) is 0 Å². The fourth-order valence-electron chi connectivity index (χ4n) is 2.03. The van der Waals surface area contributed by atoms with Crippen LogP contribution in [0.1, 0.15) is 32.8 Å². The molecule has 0 saturated heterocycles. The first-order chi connectivity index (χ1) is 10.4. The molecule has 0 fully saturated rings. The maximum Gasteiger partial charge on any atom is 0.320 e. The largest absolute Gasteiger partial charge is 0.493 e. The third-order valence-corrected chi connectivity index (χ3v) is 3.59. The van der Waals surface area contributed by atoms with Crippen molar-refractivity contribution in [2.24, 2.45) is 5.92 Å². The van der Waals surface area contributed by atoms with Crippen molar-refractivity contribution in [1.82, 2.24) is 5.32 Å². The number of carbonyl (C=O) groups is 1. The van der Waals surface area contributed by atoms with E-state index in [1.54, 1.807) is 19.2 Å². The smallest absolute Gasteiger partial charge is 0.320 e. The monoisotopic (exact) mass is 329 g/mol. The predicted octanol–water partition coefficient (Wildman–Crippen LogP) is 3.34. The molecule has 0 heterocycles. The molecule has 1 atom stereocenters. The minimum atomic E-state index is -0.874. The summed E-state index contributed by atoms with van der Waals surface area (Å²) < 4.78 is 10.9. The van der Waals surface area contributed by atoms with E-state index in [2.05, 4.69) is 5.32 Å². The number of carboxylic acid groups (broad SMARTS) is 1. The third kappa shape index (κ3) is 5.07. The van der Waals surface area contributed by atoms with E-state index < -0.39 is 12.0 Å². The van der Waals surface area contributed by atoms with E-state index in [9.17, 15) is 9.90 Å². The quantitative estimate of drug-likeness (QED) is 0.727. The number of halogens is 1. The zero-order chi connectivity index (χ0) is 16.7. The fourth-order valence-corrected chi connectivity index (χ4v) is 2.25. The maximum atomic E-state index is 11.2. The molecular formula is C16H24ClNO4. The Bertz CT molecular complexity index is 505. The lowest BCUT2D eigenvalue weighted by Crippen LogP contribution is -2.40. The van der Waals surface area contributed by atoms with Crippen LogP contribution in [0.15, 0.2) is 12.1 Å². The summed E-state index contributed by atoms with van der Waals surface area (Å²) in [6, 6.07) is 2.86. The summed E-state index contributed by atoms with van der Waals surface area (Å²) in [7, 11) is 1.56. The highest BCUT2D eigenvalue weighted by atomic mass is 35.5. The Morgan fingerprint density at radius 2 is 2.05 bits per heavy atom. The van der Waals surface area contributed by atoms with Crippen LogP contribution in [-0.2, 0) is 11.3 Å². The number of hydrogen-bond acceptors (Lipinski definition) is 4. The van der Waals surface area contributed by atoms with Crippen molar-refractivity contribution in [3.8, 4) is 11.5 Å². The molecule has 1 rings (SSSR count). The number of aliphatic carboxylic acids is 1. The Hall–Kier alpha value is -1.46. The van der Waals surface area contributed by atoms with Gasteiger partial charge in [0.1, 0.15) is 6.04 Å². The molecule has 1 aromatic carbocycles. The molecule has 1 aromatic rings. The van der Waals surface area contributed by atoms with Crippen molar-refractivity contribution in [2.75, 3.05) is 13.7 Å². The number of carboxylic acids is 1. The Kier molecular flexibility index (Phi) is 7.48. The van der Waals surface area contributed by atoms with Crippen molar-refractivity contribution in [3.63, 3.8) is 0 Å². The number of rotatable bonds is 9. The van der Waals surface area contributed by atoms with Crippen molar-refractivity contribution < 1.29 is 19.4 Å². The zero-order valence-corrected chi connectivity index (χ0v) is 14.2. The van der Waals surface area contributed by atoms with E-state index in [0.29, 0.717) is 29.7 Å². The molecule has 0 spiro atoms. The summed E-state index contributed by atoms with van der Waals surface area (Å²) in [6.45, 7) is 6.66. The first kappa shape index (κ1) is 18.6. The number of nitrogens with one attached hydrogen (secondary N) is 1. The van der Waals surface area contributed by atoms with Crippen LogP contribution in [0.2, 0.25) is 5.02 Å². The maximum absolute atomic E-state index is 11.2. The average Bonchev–Trinajstić information content (AvgIpc) is 2.46. The van der Waals surface area contributed by atoms with Gasteiger partial charge >= 0.3 is 5.97 Å². The molecule has 0 bridgehead atoms. The Morgan fingerprint density at radius 1 is 1.36 bits per heavy atom. The lowest BCUT2D eigenvalue weighted by Gasteiger charge is -2.19. The molecular weight excluding hydrogens is 306 g/mol. The normalized spacial score (nSPS) is 12.3. The van der Waals surface area contributed by atoms with Crippen molar-refractivity contribution in [3.05, 3.63) is 22.7 Å². The van der Waals surface area contributed by atoms with Gasteiger partial charge in [-0.15, -0.1) is 0 Å². The van der Waals surface area contributed by atoms with Gasteiger partial charge in [0.05, 0.1) is 13.7 Å².